The predicted octanol–water partition coefficient (Wildman–Crippen LogP) is 3.92. The fourth-order valence-corrected chi connectivity index (χ4v) is 4.33. The highest BCUT2D eigenvalue weighted by molar-refractivity contribution is 7.99. The maximum Gasteiger partial charge on any atom is 0.0465 e. The molecule has 1 heterocycles. The molecule has 0 amide bonds. The molecule has 3 atom stereocenters. The van der Waals surface area contributed by atoms with Gasteiger partial charge in [0.2, 0.25) is 0 Å². The largest absolute Gasteiger partial charge is 0.385 e. The Morgan fingerprint density at radius 2 is 2.20 bits per heavy atom. The summed E-state index contributed by atoms with van der Waals surface area (Å²) < 4.78 is 5.27. The van der Waals surface area contributed by atoms with Gasteiger partial charge in [0.05, 0.1) is 0 Å². The molecule has 0 aliphatic carbocycles. The Kier molecular flexibility index (Phi) is 6.40. The van der Waals surface area contributed by atoms with E-state index in [1.165, 1.54) is 22.6 Å². The lowest BCUT2D eigenvalue weighted by atomic mass is 9.84. The summed E-state index contributed by atoms with van der Waals surface area (Å²) in [5.41, 5.74) is 1.54. The molecule has 0 fully saturated rings. The van der Waals surface area contributed by atoms with E-state index >= 15 is 0 Å². The molecule has 112 valence electrons. The third-order valence-corrected chi connectivity index (χ3v) is 5.40. The Morgan fingerprint density at radius 3 is 2.95 bits per heavy atom. The van der Waals surface area contributed by atoms with Gasteiger partial charge < -0.3 is 10.1 Å². The van der Waals surface area contributed by atoms with Gasteiger partial charge in [-0.3, -0.25) is 0 Å². The van der Waals surface area contributed by atoms with E-state index in [9.17, 15) is 0 Å². The van der Waals surface area contributed by atoms with Crippen molar-refractivity contribution in [3.05, 3.63) is 29.8 Å². The van der Waals surface area contributed by atoms with Crippen molar-refractivity contribution >= 4 is 11.8 Å². The monoisotopic (exact) mass is 293 g/mol. The predicted molar refractivity (Wildman–Crippen MR) is 87.6 cm³/mol. The average molecular weight is 293 g/mol. The van der Waals surface area contributed by atoms with Crippen LogP contribution in [0.2, 0.25) is 0 Å². The third-order valence-electron chi connectivity index (χ3n) is 4.19. The average Bonchev–Trinajstić information content (AvgIpc) is 2.89. The summed E-state index contributed by atoms with van der Waals surface area (Å²) in [5, 5.41) is 3.79. The van der Waals surface area contributed by atoms with E-state index < -0.39 is 0 Å². The standard InChI is InChI=1S/C17H27NOS/c1-4-10-18-17(13(2)9-11-19-3)15-12-20-16-8-6-5-7-14(15)16/h5-8,13,15,17-18H,4,9-12H2,1-3H3. The maximum absolute atomic E-state index is 5.27. The second kappa shape index (κ2) is 8.06. The topological polar surface area (TPSA) is 21.3 Å². The van der Waals surface area contributed by atoms with E-state index in [-0.39, 0.29) is 0 Å². The van der Waals surface area contributed by atoms with Gasteiger partial charge in [-0.15, -0.1) is 11.8 Å². The van der Waals surface area contributed by atoms with E-state index in [0.717, 1.165) is 19.6 Å². The Labute approximate surface area is 127 Å². The van der Waals surface area contributed by atoms with Crippen LogP contribution in [0.15, 0.2) is 29.2 Å². The molecule has 0 radical (unpaired) electrons. The van der Waals surface area contributed by atoms with Crippen LogP contribution in [0.25, 0.3) is 0 Å². The van der Waals surface area contributed by atoms with Crippen molar-refractivity contribution in [3.63, 3.8) is 0 Å². The molecule has 0 aromatic heterocycles. The fraction of sp³-hybridized carbons (Fsp3) is 0.647. The number of hydrogen-bond donors (Lipinski definition) is 1. The summed E-state index contributed by atoms with van der Waals surface area (Å²) in [7, 11) is 1.79. The zero-order valence-corrected chi connectivity index (χ0v) is 13.7. The minimum atomic E-state index is 0.557. The van der Waals surface area contributed by atoms with E-state index in [2.05, 4.69) is 43.4 Å². The number of ether oxygens (including phenoxy) is 1. The molecular weight excluding hydrogens is 266 g/mol. The number of nitrogens with one attached hydrogen (secondary N) is 1. The minimum absolute atomic E-state index is 0.557. The van der Waals surface area contributed by atoms with Gasteiger partial charge in [0.1, 0.15) is 0 Å². The zero-order chi connectivity index (χ0) is 14.4. The van der Waals surface area contributed by atoms with E-state index in [0.29, 0.717) is 17.9 Å². The molecule has 1 aromatic rings. The van der Waals surface area contributed by atoms with Gasteiger partial charge in [-0.05, 0) is 36.9 Å². The highest BCUT2D eigenvalue weighted by atomic mass is 32.2. The van der Waals surface area contributed by atoms with Crippen LogP contribution in [0.1, 0.15) is 38.2 Å². The van der Waals surface area contributed by atoms with Crippen molar-refractivity contribution in [1.29, 1.82) is 0 Å². The van der Waals surface area contributed by atoms with Crippen LogP contribution in [0.3, 0.4) is 0 Å². The first kappa shape index (κ1) is 15.9. The first-order valence-electron chi connectivity index (χ1n) is 7.72. The smallest absolute Gasteiger partial charge is 0.0465 e. The van der Waals surface area contributed by atoms with Crippen LogP contribution in [0, 0.1) is 5.92 Å². The second-order valence-corrected chi connectivity index (χ2v) is 6.76. The van der Waals surface area contributed by atoms with Crippen molar-refractivity contribution in [2.75, 3.05) is 26.0 Å². The summed E-state index contributed by atoms with van der Waals surface area (Å²) in [6.45, 7) is 6.55. The third kappa shape index (κ3) is 3.78. The molecule has 0 saturated heterocycles. The fourth-order valence-electron chi connectivity index (χ4n) is 3.02. The lowest BCUT2D eigenvalue weighted by Gasteiger charge is -2.31. The number of hydrogen-bond acceptors (Lipinski definition) is 3. The summed E-state index contributed by atoms with van der Waals surface area (Å²) >= 11 is 2.01. The molecular formula is C17H27NOS. The van der Waals surface area contributed by atoms with Gasteiger partial charge in [0.25, 0.3) is 0 Å². The Morgan fingerprint density at radius 1 is 1.40 bits per heavy atom. The minimum Gasteiger partial charge on any atom is -0.385 e. The lowest BCUT2D eigenvalue weighted by molar-refractivity contribution is 0.166. The molecule has 2 rings (SSSR count). The molecule has 0 bridgehead atoms. The quantitative estimate of drug-likeness (QED) is 0.785. The first-order chi connectivity index (χ1) is 9.77. The SMILES string of the molecule is CCCNC(C(C)CCOC)C1CSc2ccccc21. The van der Waals surface area contributed by atoms with Gasteiger partial charge >= 0.3 is 0 Å². The van der Waals surface area contributed by atoms with Crippen LogP contribution < -0.4 is 5.32 Å². The van der Waals surface area contributed by atoms with E-state index in [1.807, 2.05) is 11.8 Å². The van der Waals surface area contributed by atoms with Crippen LogP contribution >= 0.6 is 11.8 Å². The van der Waals surface area contributed by atoms with Gasteiger partial charge in [0.15, 0.2) is 0 Å². The molecule has 1 aromatic carbocycles. The van der Waals surface area contributed by atoms with Crippen molar-refractivity contribution in [2.45, 2.75) is 43.5 Å². The number of fused-ring (bicyclic) bond motifs is 1. The first-order valence-corrected chi connectivity index (χ1v) is 8.70. The highest BCUT2D eigenvalue weighted by Crippen LogP contribution is 2.42. The zero-order valence-electron chi connectivity index (χ0n) is 12.9. The summed E-state index contributed by atoms with van der Waals surface area (Å²) in [4.78, 5) is 1.47. The van der Waals surface area contributed by atoms with Crippen molar-refractivity contribution in [2.24, 2.45) is 5.92 Å². The Bertz CT molecular complexity index is 410. The van der Waals surface area contributed by atoms with Crippen LogP contribution in [0.5, 0.6) is 0 Å². The number of thioether (sulfide) groups is 1. The van der Waals surface area contributed by atoms with E-state index in [1.54, 1.807) is 7.11 Å². The molecule has 3 unspecified atom stereocenters. The molecule has 1 N–H and O–H groups in total. The van der Waals surface area contributed by atoms with Gasteiger partial charge in [0, 0.05) is 36.3 Å². The van der Waals surface area contributed by atoms with Crippen LogP contribution in [-0.2, 0) is 4.74 Å². The molecule has 0 saturated carbocycles. The maximum atomic E-state index is 5.27. The van der Waals surface area contributed by atoms with Gasteiger partial charge in [-0.2, -0.15) is 0 Å². The molecule has 3 heteroatoms. The second-order valence-electron chi connectivity index (χ2n) is 5.69. The van der Waals surface area contributed by atoms with Crippen molar-refractivity contribution in [3.8, 4) is 0 Å². The number of methoxy groups -OCH3 is 1. The van der Waals surface area contributed by atoms with Crippen LogP contribution in [0.4, 0.5) is 0 Å². The summed E-state index contributed by atoms with van der Waals surface area (Å²) in [6, 6.07) is 9.45. The Balaban J connectivity index is 2.10. The molecule has 2 nitrogen and oxygen atoms in total. The highest BCUT2D eigenvalue weighted by Gasteiger charge is 2.32. The summed E-state index contributed by atoms with van der Waals surface area (Å²) in [6.07, 6.45) is 2.32. The number of benzene rings is 1. The Hall–Kier alpha value is -0.510. The van der Waals surface area contributed by atoms with Crippen molar-refractivity contribution < 1.29 is 4.74 Å². The summed E-state index contributed by atoms with van der Waals surface area (Å²) in [5.74, 6) is 2.48. The van der Waals surface area contributed by atoms with Gasteiger partial charge in [-0.25, -0.2) is 0 Å². The molecule has 20 heavy (non-hydrogen) atoms. The molecule has 1 aliphatic heterocycles. The molecule has 0 spiro atoms. The van der Waals surface area contributed by atoms with Gasteiger partial charge in [-0.1, -0.05) is 32.0 Å². The number of rotatable bonds is 8. The normalized spacial score (nSPS) is 20.6. The van der Waals surface area contributed by atoms with Crippen LogP contribution in [-0.4, -0.2) is 32.1 Å². The van der Waals surface area contributed by atoms with Crippen molar-refractivity contribution in [1.82, 2.24) is 5.32 Å². The molecule has 1 aliphatic rings. The lowest BCUT2D eigenvalue weighted by Crippen LogP contribution is -2.41. The van der Waals surface area contributed by atoms with E-state index in [4.69, 9.17) is 4.74 Å².